The van der Waals surface area contributed by atoms with Gasteiger partial charge in [0.1, 0.15) is 0 Å². The molecule has 0 heterocycles. The third-order valence-electron chi connectivity index (χ3n) is 16.5. The Balaban J connectivity index is 0.00000175. The van der Waals surface area contributed by atoms with Gasteiger partial charge in [-0.25, -0.2) is 0 Å². The van der Waals surface area contributed by atoms with E-state index < -0.39 is 28.9 Å². The summed E-state index contributed by atoms with van der Waals surface area (Å²) in [6.45, 7) is 41.0. The Morgan fingerprint density at radius 1 is 0.603 bits per heavy atom. The molecule has 0 saturated heterocycles. The molecule has 4 aliphatic carbocycles. The average molecular weight is 932 g/mol. The van der Waals surface area contributed by atoms with Crippen molar-refractivity contribution in [2.75, 3.05) is 7.11 Å². The second-order valence-electron chi connectivity index (χ2n) is 24.4. The van der Waals surface area contributed by atoms with E-state index in [4.69, 9.17) is 21.8 Å². The molecule has 328 valence electrons. The molecule has 0 bridgehead atoms. The van der Waals surface area contributed by atoms with Gasteiger partial charge in [-0.2, -0.15) is 0 Å². The number of hydrogen-bond acceptors (Lipinski definition) is 1. The third kappa shape index (κ3) is 10.7. The van der Waals surface area contributed by atoms with Crippen molar-refractivity contribution < 1.29 is 25.6 Å². The predicted octanol–water partition coefficient (Wildman–Crippen LogP) is 17.0. The molecule has 0 N–H and O–H groups in total. The van der Waals surface area contributed by atoms with Gasteiger partial charge in [0.15, 0.2) is 0 Å². The Morgan fingerprint density at radius 2 is 1.07 bits per heavy atom. The molecular formula is C53H88Cl2OSiZr. The topological polar surface area (TPSA) is 9.23 Å². The second-order valence-corrected chi connectivity index (χ2v) is 33.1. The standard InChI is InChI=1S/C51H82OSi.2CH3.2ClH.Zr/c1-31-23-39-38(34-25-35(48(3,4)5)27-36(26-34)49(6,7)8)28-37(50(9,10)11)29-41(39)46(31)53(16,17)47-32(2)24-40-42(47)30-43(51(12,13)14)45(52-15)44(40)33-21-19-18-20-22-33;;;;;/h18-22,25-27,31-32,37-47H,23-24,28-30H2,1-17H3;2*1H3;2*1H;/q;2*-1;;;+4/p-2. The number of hydrogen-bond donors (Lipinski definition) is 0. The van der Waals surface area contributed by atoms with E-state index in [-0.39, 0.29) is 37.2 Å². The molecule has 4 fully saturated rings. The molecular weight excluding hydrogens is 843 g/mol. The molecule has 58 heavy (non-hydrogen) atoms. The van der Waals surface area contributed by atoms with Crippen molar-refractivity contribution >= 4 is 25.1 Å². The van der Waals surface area contributed by atoms with Crippen LogP contribution in [-0.4, -0.2) is 21.3 Å². The molecule has 0 aliphatic heterocycles. The first kappa shape index (κ1) is 52.4. The van der Waals surface area contributed by atoms with E-state index in [1.54, 1.807) is 5.56 Å². The summed E-state index contributed by atoms with van der Waals surface area (Å²) >= 11 is -0.826. The van der Waals surface area contributed by atoms with E-state index in [1.165, 1.54) is 48.8 Å². The van der Waals surface area contributed by atoms with Crippen LogP contribution >= 0.6 is 17.0 Å². The fourth-order valence-corrected chi connectivity index (χ4v) is 20.7. The van der Waals surface area contributed by atoms with Crippen molar-refractivity contribution in [2.24, 2.45) is 58.2 Å². The minimum absolute atomic E-state index is 0. The van der Waals surface area contributed by atoms with Crippen LogP contribution < -0.4 is 0 Å². The quantitative estimate of drug-likeness (QED) is 0.214. The number of halogens is 2. The van der Waals surface area contributed by atoms with E-state index in [2.05, 4.69) is 159 Å². The first-order chi connectivity index (χ1) is 25.8. The van der Waals surface area contributed by atoms with Gasteiger partial charge in [-0.05, 0) is 140 Å². The fourth-order valence-electron chi connectivity index (χ4n) is 14.1. The zero-order valence-electron chi connectivity index (χ0n) is 40.8. The molecule has 5 heteroatoms. The van der Waals surface area contributed by atoms with Gasteiger partial charge in [0.25, 0.3) is 0 Å². The summed E-state index contributed by atoms with van der Waals surface area (Å²) in [7, 11) is 10.1. The summed E-state index contributed by atoms with van der Waals surface area (Å²) in [6, 6.07) is 19.5. The molecule has 0 spiro atoms. The average Bonchev–Trinajstić information content (AvgIpc) is 3.61. The molecule has 13 atom stereocenters. The van der Waals surface area contributed by atoms with E-state index >= 15 is 0 Å². The van der Waals surface area contributed by atoms with Crippen molar-refractivity contribution in [3.63, 3.8) is 0 Å². The summed E-state index contributed by atoms with van der Waals surface area (Å²) in [5.74, 6) is 7.26. The SMILES string of the molecule is COC1C(c2ccccc2)C2CC(C)C([Si](C)(C)C3C(C)CC4C(c5cc(C(C)(C)C)cc(C(C)(C)C)c5)CC(C(C)(C)C)CC43)C2CC1C(C)(C)C.[CH3-].[CH3-].[Cl][Zr+2][Cl]. The summed E-state index contributed by atoms with van der Waals surface area (Å²) in [5, 5.41) is 0. The molecule has 1 nitrogen and oxygen atoms in total. The Kier molecular flexibility index (Phi) is 17.6. The van der Waals surface area contributed by atoms with Crippen LogP contribution in [0.2, 0.25) is 24.2 Å². The van der Waals surface area contributed by atoms with Crippen LogP contribution in [-0.2, 0) is 36.4 Å². The number of methoxy groups -OCH3 is 1. The molecule has 0 aromatic heterocycles. The number of ether oxygens (including phenoxy) is 1. The maximum absolute atomic E-state index is 6.62. The van der Waals surface area contributed by atoms with Crippen LogP contribution in [0.5, 0.6) is 0 Å². The first-order valence-corrected chi connectivity index (χ1v) is 32.0. The van der Waals surface area contributed by atoms with Gasteiger partial charge >= 0.3 is 37.9 Å². The zero-order chi connectivity index (χ0) is 41.9. The van der Waals surface area contributed by atoms with Crippen molar-refractivity contribution in [1.29, 1.82) is 0 Å². The number of benzene rings is 2. The molecule has 6 rings (SSSR count). The Labute approximate surface area is 380 Å². The van der Waals surface area contributed by atoms with Crippen molar-refractivity contribution in [2.45, 2.75) is 182 Å². The van der Waals surface area contributed by atoms with Crippen LogP contribution in [0, 0.1) is 73.0 Å². The summed E-state index contributed by atoms with van der Waals surface area (Å²) in [4.78, 5) is 0. The van der Waals surface area contributed by atoms with Crippen LogP contribution in [0.1, 0.15) is 163 Å². The Morgan fingerprint density at radius 3 is 1.50 bits per heavy atom. The predicted molar refractivity (Wildman–Crippen MR) is 257 cm³/mol. The van der Waals surface area contributed by atoms with Gasteiger partial charge in [-0.15, -0.1) is 0 Å². The summed E-state index contributed by atoms with van der Waals surface area (Å²) < 4.78 is 6.62. The van der Waals surface area contributed by atoms with E-state index in [1.807, 2.05) is 7.11 Å². The fraction of sp³-hybridized carbons (Fsp3) is 0.736. The first-order valence-electron chi connectivity index (χ1n) is 22.5. The zero-order valence-corrected chi connectivity index (χ0v) is 45.8. The normalized spacial score (nSPS) is 34.0. The van der Waals surface area contributed by atoms with Crippen LogP contribution in [0.25, 0.3) is 0 Å². The minimum atomic E-state index is -1.77. The van der Waals surface area contributed by atoms with E-state index in [9.17, 15) is 0 Å². The van der Waals surface area contributed by atoms with Gasteiger partial charge in [0.2, 0.25) is 0 Å². The van der Waals surface area contributed by atoms with Crippen molar-refractivity contribution in [3.05, 3.63) is 85.6 Å². The Bertz CT molecular complexity index is 1560. The molecule has 4 saturated carbocycles. The van der Waals surface area contributed by atoms with Crippen molar-refractivity contribution in [1.82, 2.24) is 0 Å². The van der Waals surface area contributed by atoms with Crippen LogP contribution in [0.3, 0.4) is 0 Å². The molecule has 0 radical (unpaired) electrons. The monoisotopic (exact) mass is 929 g/mol. The van der Waals surface area contributed by atoms with E-state index in [0.717, 1.165) is 52.5 Å². The molecule has 4 aliphatic rings. The van der Waals surface area contributed by atoms with Gasteiger partial charge in [-0.1, -0.05) is 159 Å². The van der Waals surface area contributed by atoms with Gasteiger partial charge in [-0.3, -0.25) is 0 Å². The second kappa shape index (κ2) is 19.4. The van der Waals surface area contributed by atoms with Gasteiger partial charge < -0.3 is 19.6 Å². The van der Waals surface area contributed by atoms with E-state index in [0.29, 0.717) is 23.2 Å². The van der Waals surface area contributed by atoms with Gasteiger partial charge in [0, 0.05) is 13.0 Å². The number of rotatable bonds is 5. The summed E-state index contributed by atoms with van der Waals surface area (Å²) in [5.41, 5.74) is 8.87. The Hall–Kier alpha value is 0.0800. The molecule has 0 amide bonds. The van der Waals surface area contributed by atoms with Crippen LogP contribution in [0.15, 0.2) is 48.5 Å². The van der Waals surface area contributed by atoms with Crippen molar-refractivity contribution in [3.8, 4) is 0 Å². The molecule has 13 unspecified atom stereocenters. The maximum atomic E-state index is 6.62. The summed E-state index contributed by atoms with van der Waals surface area (Å²) in [6.07, 6.45) is 7.24. The van der Waals surface area contributed by atoms with Crippen LogP contribution in [0.4, 0.5) is 0 Å². The third-order valence-corrected chi connectivity index (χ3v) is 21.9. The molecule has 2 aromatic carbocycles. The number of fused-ring (bicyclic) bond motifs is 2. The van der Waals surface area contributed by atoms with Gasteiger partial charge in [0.05, 0.1) is 14.2 Å². The molecule has 2 aromatic rings.